The van der Waals surface area contributed by atoms with Gasteiger partial charge in [-0.1, -0.05) is 49.0 Å². The quantitative estimate of drug-likeness (QED) is 0.168. The number of nitrogens with one attached hydrogen (secondary N) is 1. The first-order valence-corrected chi connectivity index (χ1v) is 12.9. The SMILES string of the molecule is CC(=O)SC[C@@H](C)C(=O)N1CCC[C@H]1C(=O)N[C@@H](Cc1ccccc1)C(=O)OCCCCO[N+](=O)[O-]. The highest BCUT2D eigenvalue weighted by atomic mass is 32.2. The van der Waals surface area contributed by atoms with Crippen LogP contribution < -0.4 is 5.32 Å². The van der Waals surface area contributed by atoms with Crippen molar-refractivity contribution in [1.82, 2.24) is 10.2 Å². The van der Waals surface area contributed by atoms with E-state index in [1.54, 1.807) is 6.92 Å². The number of amides is 2. The number of ether oxygens (including phenoxy) is 1. The zero-order valence-corrected chi connectivity index (χ0v) is 21.4. The molecule has 0 spiro atoms. The van der Waals surface area contributed by atoms with Gasteiger partial charge in [-0.2, -0.15) is 0 Å². The van der Waals surface area contributed by atoms with Gasteiger partial charge in [0, 0.05) is 31.6 Å². The summed E-state index contributed by atoms with van der Waals surface area (Å²) in [4.78, 5) is 66.1. The minimum Gasteiger partial charge on any atom is -0.464 e. The van der Waals surface area contributed by atoms with Crippen molar-refractivity contribution < 1.29 is 33.8 Å². The lowest BCUT2D eigenvalue weighted by Gasteiger charge is -2.28. The molecule has 1 N–H and O–H groups in total. The molecule has 0 unspecified atom stereocenters. The Morgan fingerprint density at radius 3 is 2.56 bits per heavy atom. The molecule has 1 saturated heterocycles. The van der Waals surface area contributed by atoms with Gasteiger partial charge in [-0.3, -0.25) is 14.4 Å². The van der Waals surface area contributed by atoms with E-state index in [0.717, 1.165) is 17.3 Å². The molecule has 11 nitrogen and oxygen atoms in total. The average molecular weight is 524 g/mol. The molecular weight excluding hydrogens is 490 g/mol. The van der Waals surface area contributed by atoms with Crippen LogP contribution in [0.15, 0.2) is 30.3 Å². The standard InChI is InChI=1S/C24H33N3O8S/c1-17(16-36-18(2)28)23(30)26-12-8-11-21(26)22(29)25-20(15-19-9-4-3-5-10-19)24(31)34-13-6-7-14-35-27(32)33/h3-5,9-10,17,20-21H,6-8,11-16H2,1-2H3,(H,25,29)/t17-,20+,21+/m1/s1. The summed E-state index contributed by atoms with van der Waals surface area (Å²) in [6.45, 7) is 3.55. The maximum atomic E-state index is 13.2. The first kappa shape index (κ1) is 29.1. The van der Waals surface area contributed by atoms with Crippen LogP contribution in [0, 0.1) is 16.0 Å². The summed E-state index contributed by atoms with van der Waals surface area (Å²) >= 11 is 1.08. The second kappa shape index (κ2) is 15.1. The molecule has 2 amide bonds. The molecule has 1 heterocycles. The van der Waals surface area contributed by atoms with Gasteiger partial charge >= 0.3 is 5.97 Å². The van der Waals surface area contributed by atoms with Crippen molar-refractivity contribution in [3.05, 3.63) is 46.0 Å². The Morgan fingerprint density at radius 1 is 1.19 bits per heavy atom. The fourth-order valence-corrected chi connectivity index (χ4v) is 4.45. The molecule has 12 heteroatoms. The van der Waals surface area contributed by atoms with Crippen molar-refractivity contribution in [2.24, 2.45) is 5.92 Å². The minimum atomic E-state index is -0.960. The van der Waals surface area contributed by atoms with Gasteiger partial charge in [0.15, 0.2) is 5.12 Å². The summed E-state index contributed by atoms with van der Waals surface area (Å²) in [7, 11) is 0. The Labute approximate surface area is 214 Å². The molecule has 0 saturated carbocycles. The molecule has 0 aromatic heterocycles. The van der Waals surface area contributed by atoms with Gasteiger partial charge in [-0.05, 0) is 31.2 Å². The van der Waals surface area contributed by atoms with Gasteiger partial charge < -0.3 is 19.8 Å². The molecule has 0 bridgehead atoms. The lowest BCUT2D eigenvalue weighted by atomic mass is 10.0. The number of likely N-dealkylation sites (tertiary alicyclic amines) is 1. The number of esters is 1. The number of hydrogen-bond donors (Lipinski definition) is 1. The number of hydrogen-bond acceptors (Lipinski definition) is 9. The Kier molecular flexibility index (Phi) is 12.2. The van der Waals surface area contributed by atoms with Crippen LogP contribution in [0.1, 0.15) is 45.1 Å². The summed E-state index contributed by atoms with van der Waals surface area (Å²) in [5, 5.41) is 12.0. The number of carbonyl (C=O) groups excluding carboxylic acids is 4. The highest BCUT2D eigenvalue weighted by Gasteiger charge is 2.37. The molecule has 1 aromatic carbocycles. The molecule has 3 atom stereocenters. The lowest BCUT2D eigenvalue weighted by molar-refractivity contribution is -0.757. The summed E-state index contributed by atoms with van der Waals surface area (Å²) in [6.07, 6.45) is 2.06. The first-order valence-electron chi connectivity index (χ1n) is 11.9. The molecule has 2 rings (SSSR count). The Balaban J connectivity index is 2.00. The Morgan fingerprint density at radius 2 is 1.89 bits per heavy atom. The molecule has 1 fully saturated rings. The largest absolute Gasteiger partial charge is 0.464 e. The predicted octanol–water partition coefficient (Wildman–Crippen LogP) is 2.15. The summed E-state index contributed by atoms with van der Waals surface area (Å²) in [6, 6.07) is 7.50. The molecule has 1 aromatic rings. The van der Waals surface area contributed by atoms with Crippen LogP contribution in [0.3, 0.4) is 0 Å². The lowest BCUT2D eigenvalue weighted by Crippen LogP contribution is -2.52. The van der Waals surface area contributed by atoms with E-state index in [0.29, 0.717) is 38.0 Å². The van der Waals surface area contributed by atoms with E-state index in [4.69, 9.17) is 4.74 Å². The molecule has 198 valence electrons. The van der Waals surface area contributed by atoms with E-state index in [9.17, 15) is 29.3 Å². The highest BCUT2D eigenvalue weighted by Crippen LogP contribution is 2.22. The van der Waals surface area contributed by atoms with Crippen molar-refractivity contribution >= 4 is 34.7 Å². The van der Waals surface area contributed by atoms with E-state index in [-0.39, 0.29) is 30.7 Å². The number of rotatable bonds is 14. The van der Waals surface area contributed by atoms with Crippen LogP contribution in [-0.4, -0.2) is 70.5 Å². The van der Waals surface area contributed by atoms with Crippen LogP contribution in [0.4, 0.5) is 0 Å². The van der Waals surface area contributed by atoms with Crippen LogP contribution in [0.25, 0.3) is 0 Å². The van der Waals surface area contributed by atoms with Crippen molar-refractivity contribution in [2.75, 3.05) is 25.5 Å². The predicted molar refractivity (Wildman–Crippen MR) is 132 cm³/mol. The maximum Gasteiger partial charge on any atom is 0.328 e. The zero-order chi connectivity index (χ0) is 26.5. The van der Waals surface area contributed by atoms with Gasteiger partial charge in [0.2, 0.25) is 11.8 Å². The van der Waals surface area contributed by atoms with Gasteiger partial charge in [-0.15, -0.1) is 10.1 Å². The van der Waals surface area contributed by atoms with Crippen molar-refractivity contribution in [2.45, 2.75) is 58.0 Å². The number of carbonyl (C=O) groups is 4. The van der Waals surface area contributed by atoms with E-state index < -0.39 is 35.0 Å². The minimum absolute atomic E-state index is 0.0282. The van der Waals surface area contributed by atoms with E-state index in [2.05, 4.69) is 10.2 Å². The third-order valence-electron chi connectivity index (χ3n) is 5.66. The first-order chi connectivity index (χ1) is 17.2. The van der Waals surface area contributed by atoms with E-state index >= 15 is 0 Å². The number of thioether (sulfide) groups is 1. The molecule has 36 heavy (non-hydrogen) atoms. The summed E-state index contributed by atoms with van der Waals surface area (Å²) in [5.41, 5.74) is 0.827. The zero-order valence-electron chi connectivity index (χ0n) is 20.6. The average Bonchev–Trinajstić information content (AvgIpc) is 3.34. The van der Waals surface area contributed by atoms with Crippen molar-refractivity contribution in [3.8, 4) is 0 Å². The number of benzene rings is 1. The molecular formula is C24H33N3O8S. The number of nitrogens with zero attached hydrogens (tertiary/aromatic N) is 2. The van der Waals surface area contributed by atoms with Gasteiger partial charge in [0.05, 0.1) is 13.2 Å². The molecule has 1 aliphatic heterocycles. The van der Waals surface area contributed by atoms with Crippen molar-refractivity contribution in [3.63, 3.8) is 0 Å². The smallest absolute Gasteiger partial charge is 0.328 e. The van der Waals surface area contributed by atoms with E-state index in [1.807, 2.05) is 30.3 Å². The molecule has 0 aliphatic carbocycles. The third-order valence-corrected chi connectivity index (χ3v) is 6.73. The maximum absolute atomic E-state index is 13.2. The fraction of sp³-hybridized carbons (Fsp3) is 0.583. The topological polar surface area (TPSA) is 145 Å². The van der Waals surface area contributed by atoms with Crippen LogP contribution in [-0.2, 0) is 35.2 Å². The van der Waals surface area contributed by atoms with Gasteiger partial charge in [0.25, 0.3) is 5.09 Å². The Hall–Kier alpha value is -3.15. The van der Waals surface area contributed by atoms with E-state index in [1.165, 1.54) is 11.8 Å². The van der Waals surface area contributed by atoms with Crippen LogP contribution in [0.2, 0.25) is 0 Å². The monoisotopic (exact) mass is 523 g/mol. The normalized spacial score (nSPS) is 16.6. The molecule has 0 radical (unpaired) electrons. The van der Waals surface area contributed by atoms with Crippen molar-refractivity contribution in [1.29, 1.82) is 0 Å². The second-order valence-electron chi connectivity index (χ2n) is 8.58. The summed E-state index contributed by atoms with van der Waals surface area (Å²) in [5.74, 6) is -1.32. The highest BCUT2D eigenvalue weighted by molar-refractivity contribution is 8.13. The fourth-order valence-electron chi connectivity index (χ4n) is 3.83. The second-order valence-corrected chi connectivity index (χ2v) is 9.77. The van der Waals surface area contributed by atoms with Crippen LogP contribution in [0.5, 0.6) is 0 Å². The van der Waals surface area contributed by atoms with Gasteiger partial charge in [0.1, 0.15) is 12.1 Å². The third kappa shape index (κ3) is 9.84. The Bertz CT molecular complexity index is 914. The van der Waals surface area contributed by atoms with Gasteiger partial charge in [-0.25, -0.2) is 4.79 Å². The number of unbranched alkanes of at least 4 members (excludes halogenated alkanes) is 1. The summed E-state index contributed by atoms with van der Waals surface area (Å²) < 4.78 is 5.32. The van der Waals surface area contributed by atoms with Crippen LogP contribution >= 0.6 is 11.8 Å². The molecule has 1 aliphatic rings.